The van der Waals surface area contributed by atoms with Crippen molar-refractivity contribution in [2.75, 3.05) is 7.11 Å². The fourth-order valence-corrected chi connectivity index (χ4v) is 3.78. The van der Waals surface area contributed by atoms with Crippen molar-refractivity contribution < 1.29 is 4.74 Å². The van der Waals surface area contributed by atoms with Gasteiger partial charge in [0.25, 0.3) is 0 Å². The van der Waals surface area contributed by atoms with E-state index in [2.05, 4.69) is 12.0 Å². The summed E-state index contributed by atoms with van der Waals surface area (Å²) in [5.41, 5.74) is 1.00. The number of fused-ring (bicyclic) bond motifs is 1. The van der Waals surface area contributed by atoms with Crippen molar-refractivity contribution in [1.29, 1.82) is 0 Å². The van der Waals surface area contributed by atoms with Crippen molar-refractivity contribution in [3.05, 3.63) is 57.8 Å². The number of aryl methyl sites for hydroxylation is 3. The van der Waals surface area contributed by atoms with Gasteiger partial charge in [-0.05, 0) is 19.4 Å². The van der Waals surface area contributed by atoms with Gasteiger partial charge in [0, 0.05) is 44.5 Å². The van der Waals surface area contributed by atoms with Gasteiger partial charge < -0.3 is 4.74 Å². The Morgan fingerprint density at radius 1 is 1.26 bits per heavy atom. The van der Waals surface area contributed by atoms with E-state index in [1.54, 1.807) is 18.7 Å². The summed E-state index contributed by atoms with van der Waals surface area (Å²) in [5.74, 6) is 3.59. The molecule has 0 radical (unpaired) electrons. The van der Waals surface area contributed by atoms with Crippen molar-refractivity contribution in [1.82, 2.24) is 29.1 Å². The molecule has 1 aliphatic rings. The highest BCUT2D eigenvalue weighted by atomic mass is 16.5. The van der Waals surface area contributed by atoms with Gasteiger partial charge >= 0.3 is 5.69 Å². The summed E-state index contributed by atoms with van der Waals surface area (Å²) in [5, 5.41) is 9.01. The standard InChI is InChI=1S/C19H24N6O2/c1-4-25-18(14-9-10-17-22-23(2)19(26)24(17)12-14)20-16(21-25)11-13-7-5-6-8-15(13)27-3/h5-8,14H,4,9-12H2,1-3H3. The van der Waals surface area contributed by atoms with Gasteiger partial charge in [-0.3, -0.25) is 4.57 Å². The van der Waals surface area contributed by atoms with E-state index in [1.807, 2.05) is 28.9 Å². The first-order valence-corrected chi connectivity index (χ1v) is 9.29. The Balaban J connectivity index is 1.62. The summed E-state index contributed by atoms with van der Waals surface area (Å²) in [4.78, 5) is 17.1. The average molecular weight is 368 g/mol. The molecule has 3 aromatic rings. The molecule has 8 nitrogen and oxygen atoms in total. The van der Waals surface area contributed by atoms with Crippen molar-refractivity contribution in [3.63, 3.8) is 0 Å². The SMILES string of the molecule is CCn1nc(Cc2ccccc2OC)nc1C1CCc2nn(C)c(=O)n2C1. The average Bonchev–Trinajstić information content (AvgIpc) is 3.22. The normalized spacial score (nSPS) is 16.3. The number of hydrogen-bond donors (Lipinski definition) is 0. The summed E-state index contributed by atoms with van der Waals surface area (Å²) >= 11 is 0. The van der Waals surface area contributed by atoms with E-state index in [-0.39, 0.29) is 11.6 Å². The molecule has 1 atom stereocenters. The lowest BCUT2D eigenvalue weighted by molar-refractivity contribution is 0.410. The Morgan fingerprint density at radius 3 is 2.85 bits per heavy atom. The first-order chi connectivity index (χ1) is 13.1. The summed E-state index contributed by atoms with van der Waals surface area (Å²) in [6.07, 6.45) is 2.32. The smallest absolute Gasteiger partial charge is 0.345 e. The number of benzene rings is 1. The van der Waals surface area contributed by atoms with Crippen LogP contribution in [0.15, 0.2) is 29.1 Å². The van der Waals surface area contributed by atoms with Crippen LogP contribution in [0.2, 0.25) is 0 Å². The minimum absolute atomic E-state index is 0.0634. The Hall–Kier alpha value is -2.90. The highest BCUT2D eigenvalue weighted by molar-refractivity contribution is 5.35. The van der Waals surface area contributed by atoms with Gasteiger partial charge in [-0.25, -0.2) is 19.1 Å². The van der Waals surface area contributed by atoms with Crippen LogP contribution in [0.1, 0.15) is 42.3 Å². The summed E-state index contributed by atoms with van der Waals surface area (Å²) in [7, 11) is 3.37. The maximum absolute atomic E-state index is 12.3. The van der Waals surface area contributed by atoms with Gasteiger partial charge in [-0.15, -0.1) is 0 Å². The van der Waals surface area contributed by atoms with Gasteiger partial charge in [-0.1, -0.05) is 18.2 Å². The molecule has 2 aromatic heterocycles. The molecule has 1 aromatic carbocycles. The van der Waals surface area contributed by atoms with Gasteiger partial charge in [0.1, 0.15) is 17.4 Å². The molecule has 0 saturated heterocycles. The van der Waals surface area contributed by atoms with Crippen LogP contribution in [0.25, 0.3) is 0 Å². The maximum Gasteiger partial charge on any atom is 0.345 e. The number of aromatic nitrogens is 6. The lowest BCUT2D eigenvalue weighted by atomic mass is 9.98. The fraction of sp³-hybridized carbons (Fsp3) is 0.474. The number of rotatable bonds is 5. The quantitative estimate of drug-likeness (QED) is 0.682. The summed E-state index contributed by atoms with van der Waals surface area (Å²) in [6, 6.07) is 7.93. The highest BCUT2D eigenvalue weighted by Crippen LogP contribution is 2.27. The van der Waals surface area contributed by atoms with Crippen molar-refractivity contribution in [2.45, 2.75) is 45.2 Å². The van der Waals surface area contributed by atoms with Crippen LogP contribution in [0.3, 0.4) is 0 Å². The minimum Gasteiger partial charge on any atom is -0.496 e. The third-order valence-electron chi connectivity index (χ3n) is 5.15. The predicted molar refractivity (Wildman–Crippen MR) is 100 cm³/mol. The van der Waals surface area contributed by atoms with Crippen LogP contribution >= 0.6 is 0 Å². The Kier molecular flexibility index (Phi) is 4.55. The molecule has 1 aliphatic heterocycles. The fourth-order valence-electron chi connectivity index (χ4n) is 3.78. The highest BCUT2D eigenvalue weighted by Gasteiger charge is 2.28. The molecule has 0 amide bonds. The number of methoxy groups -OCH3 is 1. The third kappa shape index (κ3) is 3.15. The second-order valence-electron chi connectivity index (χ2n) is 6.86. The first-order valence-electron chi connectivity index (χ1n) is 9.29. The van der Waals surface area contributed by atoms with E-state index >= 15 is 0 Å². The Labute approximate surface area is 157 Å². The largest absolute Gasteiger partial charge is 0.496 e. The molecule has 1 unspecified atom stereocenters. The molecule has 0 fully saturated rings. The number of para-hydroxylation sites is 1. The molecule has 0 spiro atoms. The lowest BCUT2D eigenvalue weighted by Crippen LogP contribution is -2.30. The number of ether oxygens (including phenoxy) is 1. The molecule has 0 saturated carbocycles. The second-order valence-corrected chi connectivity index (χ2v) is 6.86. The zero-order valence-electron chi connectivity index (χ0n) is 15.9. The van der Waals surface area contributed by atoms with Crippen molar-refractivity contribution in [3.8, 4) is 5.75 Å². The van der Waals surface area contributed by atoms with E-state index < -0.39 is 0 Å². The van der Waals surface area contributed by atoms with Crippen LogP contribution in [0.4, 0.5) is 0 Å². The van der Waals surface area contributed by atoms with E-state index in [0.29, 0.717) is 13.0 Å². The molecule has 0 bridgehead atoms. The predicted octanol–water partition coefficient (Wildman–Crippen LogP) is 1.52. The van der Waals surface area contributed by atoms with Crippen molar-refractivity contribution in [2.24, 2.45) is 7.05 Å². The topological polar surface area (TPSA) is 79.8 Å². The van der Waals surface area contributed by atoms with Crippen LogP contribution in [0, 0.1) is 0 Å². The molecular weight excluding hydrogens is 344 g/mol. The zero-order valence-corrected chi connectivity index (χ0v) is 15.9. The second kappa shape index (κ2) is 7.02. The number of hydrogen-bond acceptors (Lipinski definition) is 5. The van der Waals surface area contributed by atoms with Gasteiger partial charge in [0.15, 0.2) is 5.82 Å². The van der Waals surface area contributed by atoms with Crippen molar-refractivity contribution >= 4 is 0 Å². The van der Waals surface area contributed by atoms with Crippen LogP contribution < -0.4 is 10.4 Å². The van der Waals surface area contributed by atoms with Gasteiger partial charge in [0.05, 0.1) is 7.11 Å². The maximum atomic E-state index is 12.3. The molecule has 8 heteroatoms. The van der Waals surface area contributed by atoms with Gasteiger partial charge in [-0.2, -0.15) is 10.2 Å². The van der Waals surface area contributed by atoms with E-state index in [0.717, 1.165) is 48.2 Å². The molecule has 0 aliphatic carbocycles. The first kappa shape index (κ1) is 17.5. The third-order valence-corrected chi connectivity index (χ3v) is 5.15. The van der Waals surface area contributed by atoms with E-state index in [4.69, 9.17) is 14.8 Å². The molecule has 3 heterocycles. The Bertz CT molecular complexity index is 1020. The summed E-state index contributed by atoms with van der Waals surface area (Å²) in [6.45, 7) is 3.42. The monoisotopic (exact) mass is 368 g/mol. The summed E-state index contributed by atoms with van der Waals surface area (Å²) < 4.78 is 10.6. The van der Waals surface area contributed by atoms with E-state index in [1.165, 1.54) is 4.68 Å². The Morgan fingerprint density at radius 2 is 2.07 bits per heavy atom. The minimum atomic E-state index is -0.0634. The lowest BCUT2D eigenvalue weighted by Gasteiger charge is -2.21. The van der Waals surface area contributed by atoms with Crippen LogP contribution in [0.5, 0.6) is 5.75 Å². The van der Waals surface area contributed by atoms with Crippen LogP contribution in [-0.2, 0) is 33.0 Å². The molecule has 142 valence electrons. The number of nitrogens with zero attached hydrogens (tertiary/aromatic N) is 6. The molecular formula is C19H24N6O2. The zero-order chi connectivity index (χ0) is 19.0. The molecule has 4 rings (SSSR count). The molecule has 0 N–H and O–H groups in total. The molecule has 27 heavy (non-hydrogen) atoms. The van der Waals surface area contributed by atoms with Gasteiger partial charge in [0.2, 0.25) is 0 Å². The van der Waals surface area contributed by atoms with Crippen LogP contribution in [-0.4, -0.2) is 36.2 Å². The van der Waals surface area contributed by atoms with E-state index in [9.17, 15) is 4.79 Å².